The first-order chi connectivity index (χ1) is 10.5. The molecule has 1 aliphatic heterocycles. The van der Waals surface area contributed by atoms with E-state index in [9.17, 15) is 14.6 Å². The van der Waals surface area contributed by atoms with Crippen molar-refractivity contribution < 1.29 is 23.8 Å². The van der Waals surface area contributed by atoms with E-state index in [1.165, 1.54) is 0 Å². The molecule has 1 rings (SSSR count). The van der Waals surface area contributed by atoms with Crippen LogP contribution in [0.3, 0.4) is 0 Å². The Hall–Kier alpha value is -0.125. The van der Waals surface area contributed by atoms with Gasteiger partial charge in [0.2, 0.25) is 0 Å². The normalized spacial score (nSPS) is 29.1. The van der Waals surface area contributed by atoms with Crippen LogP contribution in [0.2, 0.25) is 0 Å². The van der Waals surface area contributed by atoms with Crippen LogP contribution in [-0.4, -0.2) is 40.9 Å². The maximum Gasteiger partial charge on any atom is 0.359 e. The summed E-state index contributed by atoms with van der Waals surface area (Å²) in [5, 5.41) is 8.71. The van der Waals surface area contributed by atoms with E-state index in [1.807, 2.05) is 13.8 Å². The Morgan fingerprint density at radius 3 is 2.30 bits per heavy atom. The predicted octanol–water partition coefficient (Wildman–Crippen LogP) is 3.34. The van der Waals surface area contributed by atoms with Crippen LogP contribution in [0.15, 0.2) is 12.2 Å². The molecular formula is C16H30BO5P. The molecular weight excluding hydrogens is 314 g/mol. The van der Waals surface area contributed by atoms with Gasteiger partial charge in [0.15, 0.2) is 5.34 Å². The molecule has 0 saturated carbocycles. The van der Waals surface area contributed by atoms with Gasteiger partial charge in [0, 0.05) is 11.9 Å². The molecule has 1 aliphatic rings. The van der Waals surface area contributed by atoms with Crippen molar-refractivity contribution in [3.05, 3.63) is 12.2 Å². The quantitative estimate of drug-likeness (QED) is 0.401. The van der Waals surface area contributed by atoms with Crippen molar-refractivity contribution in [2.24, 2.45) is 5.92 Å². The summed E-state index contributed by atoms with van der Waals surface area (Å²) in [6, 6.07) is -0.403. The Kier molecular flexibility index (Phi) is 6.74. The van der Waals surface area contributed by atoms with E-state index >= 15 is 0 Å². The Morgan fingerprint density at radius 1 is 1.43 bits per heavy atom. The summed E-state index contributed by atoms with van der Waals surface area (Å²) in [4.78, 5) is 10.4. The average Bonchev–Trinajstić information content (AvgIpc) is 2.83. The summed E-state index contributed by atoms with van der Waals surface area (Å²) in [5.74, 6) is -0.230. The molecule has 1 saturated heterocycles. The van der Waals surface area contributed by atoms with Crippen molar-refractivity contribution in [1.82, 2.24) is 0 Å². The number of ether oxygens (including phenoxy) is 1. The van der Waals surface area contributed by atoms with Gasteiger partial charge in [0.05, 0.1) is 11.7 Å². The second-order valence-electron chi connectivity index (χ2n) is 6.71. The van der Waals surface area contributed by atoms with E-state index in [2.05, 4.69) is 6.58 Å². The maximum absolute atomic E-state index is 12.7. The molecule has 1 heterocycles. The van der Waals surface area contributed by atoms with Crippen LogP contribution in [0.25, 0.3) is 0 Å². The first kappa shape index (κ1) is 20.9. The van der Waals surface area contributed by atoms with Crippen LogP contribution in [0.5, 0.6) is 0 Å². The monoisotopic (exact) mass is 344 g/mol. The summed E-state index contributed by atoms with van der Waals surface area (Å²) in [6.45, 7) is 12.9. The van der Waals surface area contributed by atoms with Crippen LogP contribution < -0.4 is 0 Å². The lowest BCUT2D eigenvalue weighted by Gasteiger charge is -2.42. The second-order valence-corrected chi connectivity index (χ2v) is 8.77. The topological polar surface area (TPSA) is 76.0 Å². The SMILES string of the molecule is [B]C1CC(=C)C(C(C)C(C)(CC)OP(=O)(O)C(O)(CC)CC)O1. The van der Waals surface area contributed by atoms with Gasteiger partial charge < -0.3 is 14.7 Å². The van der Waals surface area contributed by atoms with Crippen LogP contribution in [0.4, 0.5) is 0 Å². The molecule has 0 spiro atoms. The molecule has 5 nitrogen and oxygen atoms in total. The number of hydrogen-bond donors (Lipinski definition) is 2. The highest BCUT2D eigenvalue weighted by Crippen LogP contribution is 2.61. The predicted molar refractivity (Wildman–Crippen MR) is 92.5 cm³/mol. The highest BCUT2D eigenvalue weighted by Gasteiger charge is 2.51. The first-order valence-corrected chi connectivity index (χ1v) is 9.88. The summed E-state index contributed by atoms with van der Waals surface area (Å²) in [5.41, 5.74) is -0.0809. The average molecular weight is 344 g/mol. The van der Waals surface area contributed by atoms with E-state index in [-0.39, 0.29) is 24.9 Å². The minimum atomic E-state index is -4.24. The smallest absolute Gasteiger partial charge is 0.359 e. The molecule has 0 aromatic rings. The van der Waals surface area contributed by atoms with E-state index in [1.54, 1.807) is 20.8 Å². The lowest BCUT2D eigenvalue weighted by molar-refractivity contribution is -0.0577. The van der Waals surface area contributed by atoms with Crippen molar-refractivity contribution in [3.63, 3.8) is 0 Å². The fourth-order valence-corrected chi connectivity index (χ4v) is 4.82. The molecule has 0 aliphatic carbocycles. The van der Waals surface area contributed by atoms with Gasteiger partial charge >= 0.3 is 7.60 Å². The van der Waals surface area contributed by atoms with E-state index < -0.39 is 24.5 Å². The molecule has 5 unspecified atom stereocenters. The highest BCUT2D eigenvalue weighted by molar-refractivity contribution is 7.54. The molecule has 23 heavy (non-hydrogen) atoms. The van der Waals surface area contributed by atoms with Crippen molar-refractivity contribution in [2.45, 2.75) is 83.4 Å². The lowest BCUT2D eigenvalue weighted by Crippen LogP contribution is -2.44. The maximum atomic E-state index is 12.7. The zero-order valence-corrected chi connectivity index (χ0v) is 15.8. The van der Waals surface area contributed by atoms with Crippen molar-refractivity contribution in [1.29, 1.82) is 0 Å². The Balaban J connectivity index is 3.05. The number of hydrogen-bond acceptors (Lipinski definition) is 4. The van der Waals surface area contributed by atoms with Crippen LogP contribution in [0, 0.1) is 5.92 Å². The minimum absolute atomic E-state index is 0.142. The number of rotatable bonds is 8. The molecule has 0 aromatic heterocycles. The fourth-order valence-electron chi connectivity index (χ4n) is 2.99. The lowest BCUT2D eigenvalue weighted by atomic mass is 9.81. The molecule has 2 N–H and O–H groups in total. The largest absolute Gasteiger partial charge is 0.380 e. The summed E-state index contributed by atoms with van der Waals surface area (Å²) < 4.78 is 24.1. The van der Waals surface area contributed by atoms with Gasteiger partial charge in [-0.2, -0.15) is 0 Å². The molecule has 2 radical (unpaired) electrons. The Morgan fingerprint density at radius 2 is 1.96 bits per heavy atom. The van der Waals surface area contributed by atoms with Gasteiger partial charge in [0.1, 0.15) is 7.85 Å². The van der Waals surface area contributed by atoms with Crippen molar-refractivity contribution >= 4 is 15.4 Å². The molecule has 0 amide bonds. The Bertz CT molecular complexity index is 479. The zero-order chi connectivity index (χ0) is 18.1. The third-order valence-electron chi connectivity index (χ3n) is 5.30. The summed E-state index contributed by atoms with van der Waals surface area (Å²) >= 11 is 0. The van der Waals surface area contributed by atoms with Gasteiger partial charge in [-0.1, -0.05) is 34.3 Å². The minimum Gasteiger partial charge on any atom is -0.380 e. The zero-order valence-electron chi connectivity index (χ0n) is 14.9. The first-order valence-electron chi connectivity index (χ1n) is 8.31. The third kappa shape index (κ3) is 4.11. The van der Waals surface area contributed by atoms with Gasteiger partial charge in [-0.05, 0) is 38.2 Å². The standard InChI is InChI=1S/C16H30BO5P/c1-7-15(6,12(5)14-11(4)10-13(17)21-14)22-23(19,20)16(18,8-2)9-3/h12-14,18H,4,7-10H2,1-3,5-6H3,(H,19,20). The third-order valence-corrected chi connectivity index (χ3v) is 7.65. The van der Waals surface area contributed by atoms with Crippen LogP contribution in [0.1, 0.15) is 60.3 Å². The van der Waals surface area contributed by atoms with Gasteiger partial charge in [-0.15, -0.1) is 0 Å². The number of aliphatic hydroxyl groups is 1. The van der Waals surface area contributed by atoms with Crippen molar-refractivity contribution in [2.75, 3.05) is 0 Å². The fraction of sp³-hybridized carbons (Fsp3) is 0.875. The summed E-state index contributed by atoms with van der Waals surface area (Å²) in [7, 11) is 1.57. The van der Waals surface area contributed by atoms with Crippen molar-refractivity contribution in [3.8, 4) is 0 Å². The van der Waals surface area contributed by atoms with E-state index in [0.717, 1.165) is 5.57 Å². The molecule has 0 aromatic carbocycles. The van der Waals surface area contributed by atoms with Gasteiger partial charge in [-0.25, -0.2) is 0 Å². The van der Waals surface area contributed by atoms with Gasteiger partial charge in [0.25, 0.3) is 0 Å². The second kappa shape index (κ2) is 7.41. The van der Waals surface area contributed by atoms with E-state index in [0.29, 0.717) is 12.8 Å². The Labute approximate surface area is 141 Å². The molecule has 132 valence electrons. The van der Waals surface area contributed by atoms with Crippen LogP contribution >= 0.6 is 7.60 Å². The molecule has 5 atom stereocenters. The molecule has 0 bridgehead atoms. The highest BCUT2D eigenvalue weighted by atomic mass is 31.2. The molecule has 1 fully saturated rings. The van der Waals surface area contributed by atoms with E-state index in [4.69, 9.17) is 17.1 Å². The summed E-state index contributed by atoms with van der Waals surface area (Å²) in [6.07, 6.45) is 1.02. The van der Waals surface area contributed by atoms with Crippen LogP contribution in [-0.2, 0) is 13.8 Å². The molecule has 7 heteroatoms. The van der Waals surface area contributed by atoms with Gasteiger partial charge in [-0.3, -0.25) is 9.09 Å².